The molecule has 1 aromatic carbocycles. The summed E-state index contributed by atoms with van der Waals surface area (Å²) in [5.41, 5.74) is 1.22. The Morgan fingerprint density at radius 1 is 1.38 bits per heavy atom. The summed E-state index contributed by atoms with van der Waals surface area (Å²) < 4.78 is 6.30. The molecule has 0 N–H and O–H groups in total. The standard InChI is InChI=1S/C11H12BrClO.C2H6/c1-14-11-8(4-7-2-3-7)5-9(13)6-10(11)12;1-2/h5-7H,2-4H2,1H3;1-2H3. The van der Waals surface area contributed by atoms with Crippen molar-refractivity contribution in [2.45, 2.75) is 33.1 Å². The molecule has 3 heteroatoms. The van der Waals surface area contributed by atoms with E-state index >= 15 is 0 Å². The van der Waals surface area contributed by atoms with Crippen molar-refractivity contribution in [1.82, 2.24) is 0 Å². The maximum absolute atomic E-state index is 6.00. The lowest BCUT2D eigenvalue weighted by Crippen LogP contribution is -1.94. The molecule has 1 fully saturated rings. The van der Waals surface area contributed by atoms with E-state index in [9.17, 15) is 0 Å². The van der Waals surface area contributed by atoms with Crippen molar-refractivity contribution in [3.05, 3.63) is 27.2 Å². The van der Waals surface area contributed by atoms with Gasteiger partial charge < -0.3 is 4.74 Å². The SMILES string of the molecule is CC.COc1c(Br)cc(Cl)cc1CC1CC1. The lowest BCUT2D eigenvalue weighted by Gasteiger charge is -2.10. The van der Waals surface area contributed by atoms with E-state index in [1.165, 1.54) is 18.4 Å². The molecule has 1 aliphatic carbocycles. The highest BCUT2D eigenvalue weighted by Crippen LogP contribution is 2.39. The molecule has 90 valence electrons. The summed E-state index contributed by atoms with van der Waals surface area (Å²) >= 11 is 9.46. The first-order valence-corrected chi connectivity index (χ1v) is 6.89. The zero-order valence-electron chi connectivity index (χ0n) is 10.0. The van der Waals surface area contributed by atoms with Crippen molar-refractivity contribution in [3.8, 4) is 5.75 Å². The summed E-state index contributed by atoms with van der Waals surface area (Å²) in [6.45, 7) is 4.00. The molecule has 1 aliphatic rings. The third kappa shape index (κ3) is 3.67. The summed E-state index contributed by atoms with van der Waals surface area (Å²) in [5.74, 6) is 1.77. The number of rotatable bonds is 3. The second-order valence-corrected chi connectivity index (χ2v) is 5.02. The summed E-state index contributed by atoms with van der Waals surface area (Å²) in [6.07, 6.45) is 3.77. The highest BCUT2D eigenvalue weighted by molar-refractivity contribution is 9.10. The summed E-state index contributed by atoms with van der Waals surface area (Å²) in [4.78, 5) is 0. The fraction of sp³-hybridized carbons (Fsp3) is 0.538. The molecule has 0 heterocycles. The lowest BCUT2D eigenvalue weighted by molar-refractivity contribution is 0.406. The van der Waals surface area contributed by atoms with Crippen molar-refractivity contribution in [2.24, 2.45) is 5.92 Å². The van der Waals surface area contributed by atoms with E-state index < -0.39 is 0 Å². The predicted molar refractivity (Wildman–Crippen MR) is 73.5 cm³/mol. The monoisotopic (exact) mass is 304 g/mol. The summed E-state index contributed by atoms with van der Waals surface area (Å²) in [5, 5.41) is 0.772. The maximum Gasteiger partial charge on any atom is 0.136 e. The molecule has 0 spiro atoms. The van der Waals surface area contributed by atoms with Crippen molar-refractivity contribution in [2.75, 3.05) is 7.11 Å². The van der Waals surface area contributed by atoms with Crippen molar-refractivity contribution < 1.29 is 4.74 Å². The fourth-order valence-electron chi connectivity index (χ4n) is 1.63. The molecule has 2 rings (SSSR count). The van der Waals surface area contributed by atoms with Crippen LogP contribution in [0, 0.1) is 5.92 Å². The zero-order valence-corrected chi connectivity index (χ0v) is 12.4. The third-order valence-corrected chi connectivity index (χ3v) is 3.30. The molecule has 0 radical (unpaired) electrons. The molecule has 16 heavy (non-hydrogen) atoms. The number of benzene rings is 1. The van der Waals surface area contributed by atoms with Gasteiger partial charge in [-0.1, -0.05) is 25.4 Å². The molecular weight excluding hydrogens is 287 g/mol. The van der Waals surface area contributed by atoms with E-state index in [-0.39, 0.29) is 0 Å². The van der Waals surface area contributed by atoms with Gasteiger partial charge in [-0.25, -0.2) is 0 Å². The number of hydrogen-bond acceptors (Lipinski definition) is 1. The van der Waals surface area contributed by atoms with Gasteiger partial charge in [0.15, 0.2) is 0 Å². The molecule has 0 amide bonds. The van der Waals surface area contributed by atoms with Crippen molar-refractivity contribution >= 4 is 27.5 Å². The normalized spacial score (nSPS) is 14.1. The van der Waals surface area contributed by atoms with Crippen LogP contribution in [0.2, 0.25) is 5.02 Å². The Hall–Kier alpha value is -0.210. The molecule has 0 aromatic heterocycles. The summed E-state index contributed by atoms with van der Waals surface area (Å²) in [6, 6.07) is 3.88. The number of ether oxygens (including phenoxy) is 1. The van der Waals surface area contributed by atoms with Gasteiger partial charge in [-0.15, -0.1) is 0 Å². The second kappa shape index (κ2) is 6.51. The molecule has 0 bridgehead atoms. The van der Waals surface area contributed by atoms with Crippen molar-refractivity contribution in [3.63, 3.8) is 0 Å². The first kappa shape index (κ1) is 13.9. The third-order valence-electron chi connectivity index (χ3n) is 2.49. The number of hydrogen-bond donors (Lipinski definition) is 0. The first-order chi connectivity index (χ1) is 7.70. The number of methoxy groups -OCH3 is 1. The van der Waals surface area contributed by atoms with Gasteiger partial charge in [0.05, 0.1) is 11.6 Å². The van der Waals surface area contributed by atoms with E-state index in [1.807, 2.05) is 26.0 Å². The molecule has 1 saturated carbocycles. The van der Waals surface area contributed by atoms with Gasteiger partial charge in [-0.05, 0) is 58.8 Å². The molecule has 0 aliphatic heterocycles. The Morgan fingerprint density at radius 2 is 2.00 bits per heavy atom. The average molecular weight is 306 g/mol. The van der Waals surface area contributed by atoms with Gasteiger partial charge in [0.2, 0.25) is 0 Å². The van der Waals surface area contributed by atoms with Crippen LogP contribution >= 0.6 is 27.5 Å². The molecule has 1 aromatic rings. The quantitative estimate of drug-likeness (QED) is 0.756. The Kier molecular flexibility index (Phi) is 5.63. The number of halogens is 2. The van der Waals surface area contributed by atoms with Gasteiger partial charge in [-0.2, -0.15) is 0 Å². The van der Waals surface area contributed by atoms with Crippen LogP contribution < -0.4 is 4.74 Å². The van der Waals surface area contributed by atoms with Crippen LogP contribution in [0.1, 0.15) is 32.3 Å². The van der Waals surface area contributed by atoms with E-state index in [0.717, 1.165) is 27.6 Å². The molecule has 0 atom stereocenters. The predicted octanol–water partition coefficient (Wildman–Crippen LogP) is 5.09. The van der Waals surface area contributed by atoms with Gasteiger partial charge >= 0.3 is 0 Å². The van der Waals surface area contributed by atoms with Crippen LogP contribution in [0.15, 0.2) is 16.6 Å². The average Bonchev–Trinajstić information content (AvgIpc) is 3.04. The van der Waals surface area contributed by atoms with Crippen LogP contribution in [-0.4, -0.2) is 7.11 Å². The largest absolute Gasteiger partial charge is 0.495 e. The molecular formula is C13H18BrClO. The van der Waals surface area contributed by atoms with E-state index in [4.69, 9.17) is 16.3 Å². The van der Waals surface area contributed by atoms with Crippen LogP contribution in [0.5, 0.6) is 5.75 Å². The molecule has 1 nitrogen and oxygen atoms in total. The minimum Gasteiger partial charge on any atom is -0.495 e. The highest BCUT2D eigenvalue weighted by Gasteiger charge is 2.23. The zero-order chi connectivity index (χ0) is 12.1. The van der Waals surface area contributed by atoms with E-state index in [0.29, 0.717) is 0 Å². The highest BCUT2D eigenvalue weighted by atomic mass is 79.9. The van der Waals surface area contributed by atoms with Gasteiger partial charge in [-0.3, -0.25) is 0 Å². The fourth-order valence-corrected chi connectivity index (χ4v) is 2.66. The van der Waals surface area contributed by atoms with Crippen LogP contribution in [0.4, 0.5) is 0 Å². The van der Waals surface area contributed by atoms with Gasteiger partial charge in [0.1, 0.15) is 5.75 Å². The maximum atomic E-state index is 6.00. The molecule has 0 unspecified atom stereocenters. The Morgan fingerprint density at radius 3 is 2.50 bits per heavy atom. The minimum absolute atomic E-state index is 0.772. The lowest BCUT2D eigenvalue weighted by atomic mass is 10.1. The molecule has 0 saturated heterocycles. The van der Waals surface area contributed by atoms with E-state index in [1.54, 1.807) is 7.11 Å². The smallest absolute Gasteiger partial charge is 0.136 e. The first-order valence-electron chi connectivity index (χ1n) is 5.72. The topological polar surface area (TPSA) is 9.23 Å². The Balaban J connectivity index is 0.000000606. The van der Waals surface area contributed by atoms with Crippen LogP contribution in [-0.2, 0) is 6.42 Å². The van der Waals surface area contributed by atoms with Crippen LogP contribution in [0.3, 0.4) is 0 Å². The Labute approximate surface area is 111 Å². The van der Waals surface area contributed by atoms with Crippen molar-refractivity contribution in [1.29, 1.82) is 0 Å². The second-order valence-electron chi connectivity index (χ2n) is 3.73. The Bertz CT molecular complexity index is 348. The van der Waals surface area contributed by atoms with Crippen LogP contribution in [0.25, 0.3) is 0 Å². The van der Waals surface area contributed by atoms with E-state index in [2.05, 4.69) is 15.9 Å². The minimum atomic E-state index is 0.772. The van der Waals surface area contributed by atoms with Gasteiger partial charge in [0, 0.05) is 5.02 Å². The summed E-state index contributed by atoms with van der Waals surface area (Å²) in [7, 11) is 1.70. The van der Waals surface area contributed by atoms with Gasteiger partial charge in [0.25, 0.3) is 0 Å².